The van der Waals surface area contributed by atoms with Crippen molar-refractivity contribution < 1.29 is 0 Å². The lowest BCUT2D eigenvalue weighted by atomic mass is 10.1. The van der Waals surface area contributed by atoms with Crippen LogP contribution in [0.1, 0.15) is 11.1 Å². The zero-order chi connectivity index (χ0) is 10.6. The van der Waals surface area contributed by atoms with Crippen LogP contribution in [0.2, 0.25) is 0 Å². The molecular weight excluding hydrogens is 304 g/mol. The van der Waals surface area contributed by atoms with Crippen LogP contribution in [0.5, 0.6) is 0 Å². The molecule has 0 atom stereocenters. The minimum atomic E-state index is 0.834. The largest absolute Gasteiger partial charge is 0.0876 e. The topological polar surface area (TPSA) is 0 Å². The van der Waals surface area contributed by atoms with Crippen molar-refractivity contribution in [1.29, 1.82) is 0 Å². The minimum Gasteiger partial charge on any atom is -0.0876 e. The third kappa shape index (κ3) is 3.43. The van der Waals surface area contributed by atoms with E-state index < -0.39 is 0 Å². The van der Waals surface area contributed by atoms with Gasteiger partial charge in [0, 0.05) is 9.81 Å². The molecule has 74 valence electrons. The molecule has 1 aromatic rings. The zero-order valence-electron chi connectivity index (χ0n) is 8.06. The highest BCUT2D eigenvalue weighted by Gasteiger charge is 1.99. The summed E-state index contributed by atoms with van der Waals surface area (Å²) in [5, 5.41) is 0.834. The predicted molar refractivity (Wildman–Crippen MR) is 71.0 cm³/mol. The monoisotopic (exact) mass is 314 g/mol. The van der Waals surface area contributed by atoms with E-state index in [1.54, 1.807) is 0 Å². The fourth-order valence-electron chi connectivity index (χ4n) is 1.16. The molecule has 0 aliphatic carbocycles. The molecule has 1 aromatic carbocycles. The Bertz CT molecular complexity index is 347. The lowest BCUT2D eigenvalue weighted by Crippen LogP contribution is -1.85. The summed E-state index contributed by atoms with van der Waals surface area (Å²) in [6.07, 6.45) is 2.03. The van der Waals surface area contributed by atoms with Gasteiger partial charge in [0.05, 0.1) is 0 Å². The molecule has 0 spiro atoms. The maximum Gasteiger partial charge on any atom is 0.0289 e. The second-order valence-corrected chi connectivity index (χ2v) is 4.70. The van der Waals surface area contributed by atoms with E-state index >= 15 is 0 Å². The van der Waals surface area contributed by atoms with Gasteiger partial charge in [-0.15, -0.1) is 0 Å². The van der Waals surface area contributed by atoms with Gasteiger partial charge in [-0.25, -0.2) is 0 Å². The van der Waals surface area contributed by atoms with E-state index in [1.165, 1.54) is 16.7 Å². The van der Waals surface area contributed by atoms with Crippen LogP contribution in [0, 0.1) is 6.92 Å². The highest BCUT2D eigenvalue weighted by Crippen LogP contribution is 2.20. The molecule has 0 fully saturated rings. The van der Waals surface area contributed by atoms with Crippen LogP contribution in [-0.2, 0) is 0 Å². The van der Waals surface area contributed by atoms with Crippen molar-refractivity contribution in [3.8, 4) is 0 Å². The number of benzene rings is 1. The molecule has 0 N–H and O–H groups in total. The highest BCUT2D eigenvalue weighted by atomic mass is 79.9. The van der Waals surface area contributed by atoms with Crippen LogP contribution in [0.25, 0.3) is 5.57 Å². The van der Waals surface area contributed by atoms with Gasteiger partial charge in [-0.3, -0.25) is 0 Å². The molecule has 0 radical (unpaired) electrons. The van der Waals surface area contributed by atoms with Gasteiger partial charge in [-0.2, -0.15) is 0 Å². The van der Waals surface area contributed by atoms with Gasteiger partial charge in [-0.1, -0.05) is 68.3 Å². The molecule has 2 heteroatoms. The number of aryl methyl sites for hydroxylation is 1. The van der Waals surface area contributed by atoms with Crippen molar-refractivity contribution >= 4 is 37.4 Å². The summed E-state index contributed by atoms with van der Waals surface area (Å²) in [4.78, 5) is 0. The summed E-state index contributed by atoms with van der Waals surface area (Å²) in [5.74, 6) is 0. The van der Waals surface area contributed by atoms with Crippen molar-refractivity contribution in [2.75, 3.05) is 5.33 Å². The van der Waals surface area contributed by atoms with Crippen molar-refractivity contribution in [3.05, 3.63) is 52.5 Å². The average Bonchev–Trinajstić information content (AvgIpc) is 2.15. The second kappa shape index (κ2) is 5.52. The molecule has 0 saturated heterocycles. The quantitative estimate of drug-likeness (QED) is 0.561. The maximum atomic E-state index is 3.81. The number of hydrogen-bond acceptors (Lipinski definition) is 0. The molecule has 0 aromatic heterocycles. The minimum absolute atomic E-state index is 0.834. The lowest BCUT2D eigenvalue weighted by Gasteiger charge is -2.04. The Kier molecular flexibility index (Phi) is 4.63. The Balaban J connectivity index is 3.01. The fourth-order valence-corrected chi connectivity index (χ4v) is 1.92. The van der Waals surface area contributed by atoms with Gasteiger partial charge >= 0.3 is 0 Å². The summed E-state index contributed by atoms with van der Waals surface area (Å²) in [6.45, 7) is 5.89. The molecule has 0 aliphatic rings. The molecule has 0 amide bonds. The van der Waals surface area contributed by atoms with Gasteiger partial charge in [0.15, 0.2) is 0 Å². The highest BCUT2D eigenvalue weighted by molar-refractivity contribution is 9.11. The Morgan fingerprint density at radius 3 is 2.36 bits per heavy atom. The van der Waals surface area contributed by atoms with E-state index in [0.29, 0.717) is 0 Å². The first-order valence-corrected chi connectivity index (χ1v) is 6.23. The van der Waals surface area contributed by atoms with E-state index in [0.717, 1.165) is 9.81 Å². The SMILES string of the molecule is C=C(Br)/C=C(\CBr)c1ccc(C)cc1. The second-order valence-electron chi connectivity index (χ2n) is 3.12. The third-order valence-electron chi connectivity index (χ3n) is 1.90. The van der Waals surface area contributed by atoms with Gasteiger partial charge in [-0.05, 0) is 24.1 Å². The number of rotatable bonds is 3. The molecule has 0 bridgehead atoms. The lowest BCUT2D eigenvalue weighted by molar-refractivity contribution is 1.45. The number of allylic oxidation sites excluding steroid dienone is 3. The van der Waals surface area contributed by atoms with Crippen LogP contribution in [-0.4, -0.2) is 5.33 Å². The van der Waals surface area contributed by atoms with Crippen molar-refractivity contribution in [3.63, 3.8) is 0 Å². The maximum absolute atomic E-state index is 3.81. The van der Waals surface area contributed by atoms with Crippen LogP contribution in [0.4, 0.5) is 0 Å². The molecule has 1 rings (SSSR count). The molecule has 0 aliphatic heterocycles. The summed E-state index contributed by atoms with van der Waals surface area (Å²) < 4.78 is 0.896. The molecule has 14 heavy (non-hydrogen) atoms. The normalized spacial score (nSPS) is 11.5. The number of alkyl halides is 1. The molecular formula is C12H12Br2. The van der Waals surface area contributed by atoms with E-state index in [4.69, 9.17) is 0 Å². The molecule has 0 unspecified atom stereocenters. The number of hydrogen-bond donors (Lipinski definition) is 0. The van der Waals surface area contributed by atoms with E-state index in [-0.39, 0.29) is 0 Å². The Labute approximate surface area is 102 Å². The first kappa shape index (κ1) is 11.7. The van der Waals surface area contributed by atoms with Crippen molar-refractivity contribution in [2.24, 2.45) is 0 Å². The third-order valence-corrected chi connectivity index (χ3v) is 2.73. The molecule has 0 heterocycles. The standard InChI is InChI=1S/C12H12Br2/c1-9-3-5-11(6-4-9)12(8-13)7-10(2)14/h3-7H,2,8H2,1H3/b12-7+. The van der Waals surface area contributed by atoms with Gasteiger partial charge in [0.1, 0.15) is 0 Å². The van der Waals surface area contributed by atoms with Gasteiger partial charge < -0.3 is 0 Å². The Morgan fingerprint density at radius 1 is 1.36 bits per heavy atom. The first-order chi connectivity index (χ1) is 6.63. The average molecular weight is 316 g/mol. The fraction of sp³-hybridized carbons (Fsp3) is 0.167. The summed E-state index contributed by atoms with van der Waals surface area (Å²) in [5.41, 5.74) is 3.74. The predicted octanol–water partition coefficient (Wildman–Crippen LogP) is 4.68. The molecule has 0 nitrogen and oxygen atoms in total. The van der Waals surface area contributed by atoms with E-state index in [9.17, 15) is 0 Å². The Hall–Kier alpha value is -0.340. The van der Waals surface area contributed by atoms with Crippen LogP contribution in [0.3, 0.4) is 0 Å². The van der Waals surface area contributed by atoms with E-state index in [1.807, 2.05) is 6.08 Å². The number of halogens is 2. The van der Waals surface area contributed by atoms with Crippen LogP contribution >= 0.6 is 31.9 Å². The smallest absolute Gasteiger partial charge is 0.0289 e. The van der Waals surface area contributed by atoms with Crippen molar-refractivity contribution in [1.82, 2.24) is 0 Å². The zero-order valence-corrected chi connectivity index (χ0v) is 11.2. The van der Waals surface area contributed by atoms with Crippen LogP contribution in [0.15, 0.2) is 41.4 Å². The van der Waals surface area contributed by atoms with Crippen LogP contribution < -0.4 is 0 Å². The Morgan fingerprint density at radius 2 is 1.93 bits per heavy atom. The van der Waals surface area contributed by atoms with Crippen molar-refractivity contribution in [2.45, 2.75) is 6.92 Å². The van der Waals surface area contributed by atoms with Gasteiger partial charge in [0.25, 0.3) is 0 Å². The first-order valence-electron chi connectivity index (χ1n) is 4.31. The summed E-state index contributed by atoms with van der Waals surface area (Å²) in [6, 6.07) is 8.47. The van der Waals surface area contributed by atoms with E-state index in [2.05, 4.69) is 69.6 Å². The molecule has 0 saturated carbocycles. The summed E-state index contributed by atoms with van der Waals surface area (Å²) >= 11 is 6.81. The van der Waals surface area contributed by atoms with Gasteiger partial charge in [0.2, 0.25) is 0 Å². The summed E-state index contributed by atoms with van der Waals surface area (Å²) in [7, 11) is 0.